The fraction of sp³-hybridized carbons (Fsp3) is 0.308. The largest absolute Gasteiger partial charge is 0.418 e. The number of anilines is 2. The molecule has 1 aromatic carbocycles. The van der Waals surface area contributed by atoms with Crippen LogP contribution >= 0.6 is 11.3 Å². The fourth-order valence-electron chi connectivity index (χ4n) is 1.75. The van der Waals surface area contributed by atoms with E-state index >= 15 is 0 Å². The van der Waals surface area contributed by atoms with Crippen molar-refractivity contribution in [2.75, 3.05) is 17.6 Å². The van der Waals surface area contributed by atoms with Gasteiger partial charge in [0.15, 0.2) is 0 Å². The molecule has 1 atom stereocenters. The second-order valence-electron chi connectivity index (χ2n) is 4.45. The van der Waals surface area contributed by atoms with Gasteiger partial charge in [-0.3, -0.25) is 0 Å². The van der Waals surface area contributed by atoms with Crippen LogP contribution in [-0.2, 0) is 6.18 Å². The molecule has 2 aromatic rings. The molecule has 2 rings (SSSR count). The van der Waals surface area contributed by atoms with Crippen LogP contribution in [-0.4, -0.2) is 11.5 Å². The summed E-state index contributed by atoms with van der Waals surface area (Å²) in [5, 5.41) is 5.80. The monoisotopic (exact) mass is 301 g/mol. The van der Waals surface area contributed by atoms with Gasteiger partial charge in [0, 0.05) is 35.4 Å². The molecule has 0 amide bonds. The van der Waals surface area contributed by atoms with E-state index in [1.165, 1.54) is 17.4 Å². The maximum Gasteiger partial charge on any atom is 0.418 e. The van der Waals surface area contributed by atoms with Gasteiger partial charge in [0.2, 0.25) is 0 Å². The summed E-state index contributed by atoms with van der Waals surface area (Å²) in [5.74, 6) is 0.127. The number of nitrogens with two attached hydrogens (primary N) is 1. The van der Waals surface area contributed by atoms with Gasteiger partial charge in [0.25, 0.3) is 0 Å². The summed E-state index contributed by atoms with van der Waals surface area (Å²) in [6.07, 6.45) is -2.73. The Kier molecular flexibility index (Phi) is 4.17. The lowest BCUT2D eigenvalue weighted by Crippen LogP contribution is -2.12. The number of hydrogen-bond donors (Lipinski definition) is 2. The lowest BCUT2D eigenvalue weighted by atomic mass is 10.1. The highest BCUT2D eigenvalue weighted by Gasteiger charge is 2.33. The molecule has 0 aliphatic heterocycles. The Morgan fingerprint density at radius 1 is 1.40 bits per heavy atom. The van der Waals surface area contributed by atoms with Gasteiger partial charge in [0.1, 0.15) is 0 Å². The Bertz CT molecular complexity index is 567. The minimum atomic E-state index is -4.44. The van der Waals surface area contributed by atoms with Crippen molar-refractivity contribution in [1.82, 2.24) is 4.98 Å². The molecule has 1 heterocycles. The van der Waals surface area contributed by atoms with Gasteiger partial charge in [-0.1, -0.05) is 6.92 Å². The first-order valence-corrected chi connectivity index (χ1v) is 6.86. The molecule has 108 valence electrons. The van der Waals surface area contributed by atoms with Crippen molar-refractivity contribution >= 4 is 22.7 Å². The highest BCUT2D eigenvalue weighted by atomic mass is 32.1. The van der Waals surface area contributed by atoms with E-state index in [9.17, 15) is 13.2 Å². The SMILES string of the molecule is CC(CNc1ccc(N)c(C(F)(F)F)c1)c1nccs1. The van der Waals surface area contributed by atoms with E-state index in [1.54, 1.807) is 12.3 Å². The van der Waals surface area contributed by atoms with Gasteiger partial charge in [-0.2, -0.15) is 13.2 Å². The van der Waals surface area contributed by atoms with Crippen LogP contribution in [0.25, 0.3) is 0 Å². The summed E-state index contributed by atoms with van der Waals surface area (Å²) in [5.41, 5.74) is 4.67. The summed E-state index contributed by atoms with van der Waals surface area (Å²) in [6, 6.07) is 3.84. The van der Waals surface area contributed by atoms with Crippen LogP contribution in [0, 0.1) is 0 Å². The minimum absolute atomic E-state index is 0.127. The van der Waals surface area contributed by atoms with Gasteiger partial charge in [0.05, 0.1) is 10.6 Å². The Morgan fingerprint density at radius 2 is 2.15 bits per heavy atom. The number of nitrogens with zero attached hydrogens (tertiary/aromatic N) is 1. The van der Waals surface area contributed by atoms with E-state index in [-0.39, 0.29) is 11.6 Å². The van der Waals surface area contributed by atoms with Gasteiger partial charge < -0.3 is 11.1 Å². The van der Waals surface area contributed by atoms with Crippen LogP contribution in [0.2, 0.25) is 0 Å². The zero-order chi connectivity index (χ0) is 14.8. The van der Waals surface area contributed by atoms with E-state index in [2.05, 4.69) is 10.3 Å². The standard InChI is InChI=1S/C13H14F3N3S/c1-8(12-18-4-5-20-12)7-19-9-2-3-11(17)10(6-9)13(14,15)16/h2-6,8,19H,7,17H2,1H3. The molecule has 0 radical (unpaired) electrons. The Labute approximate surface area is 118 Å². The van der Waals surface area contributed by atoms with E-state index < -0.39 is 11.7 Å². The van der Waals surface area contributed by atoms with Crippen LogP contribution in [0.15, 0.2) is 29.8 Å². The average molecular weight is 301 g/mol. The number of nitrogen functional groups attached to an aromatic ring is 1. The smallest absolute Gasteiger partial charge is 0.398 e. The van der Waals surface area contributed by atoms with E-state index in [4.69, 9.17) is 5.73 Å². The first-order valence-electron chi connectivity index (χ1n) is 5.98. The molecule has 0 saturated carbocycles. The topological polar surface area (TPSA) is 50.9 Å². The second-order valence-corrected chi connectivity index (χ2v) is 5.38. The lowest BCUT2D eigenvalue weighted by molar-refractivity contribution is -0.136. The molecule has 0 bridgehead atoms. The van der Waals surface area contributed by atoms with Crippen molar-refractivity contribution in [3.8, 4) is 0 Å². The third kappa shape index (κ3) is 3.41. The molecule has 7 heteroatoms. The van der Waals surface area contributed by atoms with E-state index in [1.807, 2.05) is 12.3 Å². The summed E-state index contributed by atoms with van der Waals surface area (Å²) in [4.78, 5) is 4.18. The third-order valence-corrected chi connectivity index (χ3v) is 3.85. The van der Waals surface area contributed by atoms with Crippen LogP contribution in [0.1, 0.15) is 23.4 Å². The summed E-state index contributed by atoms with van der Waals surface area (Å²) < 4.78 is 38.2. The average Bonchev–Trinajstić information content (AvgIpc) is 2.90. The predicted octanol–water partition coefficient (Wildman–Crippen LogP) is 3.96. The fourth-order valence-corrected chi connectivity index (χ4v) is 2.45. The summed E-state index contributed by atoms with van der Waals surface area (Å²) in [7, 11) is 0. The van der Waals surface area contributed by atoms with Gasteiger partial charge >= 0.3 is 6.18 Å². The molecule has 20 heavy (non-hydrogen) atoms. The highest BCUT2D eigenvalue weighted by molar-refractivity contribution is 7.09. The second kappa shape index (κ2) is 5.70. The minimum Gasteiger partial charge on any atom is -0.398 e. The normalized spacial score (nSPS) is 13.2. The number of nitrogens with one attached hydrogen (secondary N) is 1. The maximum absolute atomic E-state index is 12.7. The molecular formula is C13H14F3N3S. The molecule has 0 fully saturated rings. The molecule has 0 saturated heterocycles. The van der Waals surface area contributed by atoms with Gasteiger partial charge in [-0.15, -0.1) is 11.3 Å². The van der Waals surface area contributed by atoms with Crippen molar-refractivity contribution in [2.24, 2.45) is 0 Å². The molecular weight excluding hydrogens is 287 g/mol. The predicted molar refractivity (Wildman–Crippen MR) is 74.9 cm³/mol. The van der Waals surface area contributed by atoms with Crippen LogP contribution in [0.4, 0.5) is 24.5 Å². The molecule has 3 nitrogen and oxygen atoms in total. The van der Waals surface area contributed by atoms with Crippen molar-refractivity contribution in [3.63, 3.8) is 0 Å². The molecule has 0 aliphatic carbocycles. The van der Waals surface area contributed by atoms with E-state index in [0.717, 1.165) is 11.1 Å². The van der Waals surface area contributed by atoms with Crippen LogP contribution < -0.4 is 11.1 Å². The Balaban J connectivity index is 2.07. The number of hydrogen-bond acceptors (Lipinski definition) is 4. The zero-order valence-corrected chi connectivity index (χ0v) is 11.6. The number of rotatable bonds is 4. The van der Waals surface area contributed by atoms with Crippen molar-refractivity contribution < 1.29 is 13.2 Å². The number of halogens is 3. The maximum atomic E-state index is 12.7. The number of aromatic nitrogens is 1. The first-order chi connectivity index (χ1) is 9.38. The first kappa shape index (κ1) is 14.6. The van der Waals surface area contributed by atoms with Crippen molar-refractivity contribution in [3.05, 3.63) is 40.3 Å². The number of thiazole rings is 1. The van der Waals surface area contributed by atoms with Crippen LogP contribution in [0.3, 0.4) is 0 Å². The van der Waals surface area contributed by atoms with Crippen molar-refractivity contribution in [1.29, 1.82) is 0 Å². The number of benzene rings is 1. The quantitative estimate of drug-likeness (QED) is 0.840. The molecule has 0 aliphatic rings. The molecule has 3 N–H and O–H groups in total. The Morgan fingerprint density at radius 3 is 2.75 bits per heavy atom. The lowest BCUT2D eigenvalue weighted by Gasteiger charge is -2.15. The van der Waals surface area contributed by atoms with Gasteiger partial charge in [-0.05, 0) is 18.2 Å². The zero-order valence-electron chi connectivity index (χ0n) is 10.7. The van der Waals surface area contributed by atoms with E-state index in [0.29, 0.717) is 12.2 Å². The molecule has 0 spiro atoms. The van der Waals surface area contributed by atoms with Crippen LogP contribution in [0.5, 0.6) is 0 Å². The number of alkyl halides is 3. The molecule has 1 unspecified atom stereocenters. The Hall–Kier alpha value is -1.76. The van der Waals surface area contributed by atoms with Gasteiger partial charge in [-0.25, -0.2) is 4.98 Å². The highest BCUT2D eigenvalue weighted by Crippen LogP contribution is 2.35. The summed E-state index contributed by atoms with van der Waals surface area (Å²) in [6.45, 7) is 2.47. The summed E-state index contributed by atoms with van der Waals surface area (Å²) >= 11 is 1.52. The molecule has 1 aromatic heterocycles. The third-order valence-electron chi connectivity index (χ3n) is 2.84. The van der Waals surface area contributed by atoms with Crippen molar-refractivity contribution in [2.45, 2.75) is 19.0 Å².